The second kappa shape index (κ2) is 8.32. The van der Waals surface area contributed by atoms with Gasteiger partial charge in [0.05, 0.1) is 7.11 Å². The van der Waals surface area contributed by atoms with Gasteiger partial charge in [0.2, 0.25) is 0 Å². The second-order valence-corrected chi connectivity index (χ2v) is 9.52. The van der Waals surface area contributed by atoms with Gasteiger partial charge in [0.15, 0.2) is 5.96 Å². The van der Waals surface area contributed by atoms with Crippen molar-refractivity contribution in [2.24, 2.45) is 16.3 Å². The largest absolute Gasteiger partial charge is 0.497 e. The molecule has 0 spiro atoms. The Kier molecular flexibility index (Phi) is 6.23. The van der Waals surface area contributed by atoms with Crippen LogP contribution in [-0.2, 0) is 6.54 Å². The molecule has 0 saturated carbocycles. The van der Waals surface area contributed by atoms with Crippen LogP contribution < -0.4 is 10.1 Å². The summed E-state index contributed by atoms with van der Waals surface area (Å²) in [5.41, 5.74) is 1.84. The smallest absolute Gasteiger partial charge is 0.194 e. The zero-order chi connectivity index (χ0) is 20.4. The van der Waals surface area contributed by atoms with E-state index in [0.717, 1.165) is 37.3 Å². The van der Waals surface area contributed by atoms with Gasteiger partial charge in [-0.2, -0.15) is 0 Å². The van der Waals surface area contributed by atoms with Crippen LogP contribution >= 0.6 is 0 Å². The van der Waals surface area contributed by atoms with Gasteiger partial charge in [-0.1, -0.05) is 26.0 Å². The predicted molar refractivity (Wildman–Crippen MR) is 117 cm³/mol. The summed E-state index contributed by atoms with van der Waals surface area (Å²) in [6.45, 7) is 14.8. The number of aliphatic imine (C=N–C) groups is 1. The lowest BCUT2D eigenvalue weighted by Gasteiger charge is -2.62. The van der Waals surface area contributed by atoms with Crippen molar-refractivity contribution in [1.82, 2.24) is 15.1 Å². The number of benzene rings is 1. The molecule has 5 heteroatoms. The third-order valence-corrected chi connectivity index (χ3v) is 7.17. The first kappa shape index (κ1) is 21.0. The SMILES string of the molecule is CN=C(NCC1CCN(Cc2ccc(OC)cc2)CC1)N1CC(C)(C)C1(C)C. The van der Waals surface area contributed by atoms with Gasteiger partial charge in [-0.15, -0.1) is 0 Å². The van der Waals surface area contributed by atoms with Crippen LogP contribution in [0.4, 0.5) is 0 Å². The molecule has 0 radical (unpaired) electrons. The summed E-state index contributed by atoms with van der Waals surface area (Å²) in [4.78, 5) is 9.54. The fourth-order valence-electron chi connectivity index (χ4n) is 4.27. The summed E-state index contributed by atoms with van der Waals surface area (Å²) in [7, 11) is 3.62. The summed E-state index contributed by atoms with van der Waals surface area (Å²) in [6.07, 6.45) is 2.49. The minimum Gasteiger partial charge on any atom is -0.497 e. The van der Waals surface area contributed by atoms with Gasteiger partial charge in [0.25, 0.3) is 0 Å². The molecule has 0 unspecified atom stereocenters. The van der Waals surface area contributed by atoms with E-state index in [4.69, 9.17) is 4.74 Å². The molecule has 0 amide bonds. The Balaban J connectivity index is 1.43. The third kappa shape index (κ3) is 4.29. The molecule has 1 aromatic carbocycles. The lowest BCUT2D eigenvalue weighted by atomic mass is 9.65. The van der Waals surface area contributed by atoms with E-state index in [-0.39, 0.29) is 5.54 Å². The predicted octanol–water partition coefficient (Wildman–Crippen LogP) is 3.60. The number of nitrogens with zero attached hydrogens (tertiary/aromatic N) is 3. The Labute approximate surface area is 171 Å². The number of methoxy groups -OCH3 is 1. The summed E-state index contributed by atoms with van der Waals surface area (Å²) in [5, 5.41) is 3.66. The molecule has 5 nitrogen and oxygen atoms in total. The van der Waals surface area contributed by atoms with Gasteiger partial charge < -0.3 is 15.0 Å². The first-order valence-electron chi connectivity index (χ1n) is 10.6. The quantitative estimate of drug-likeness (QED) is 0.620. The van der Waals surface area contributed by atoms with Crippen LogP contribution in [0.5, 0.6) is 5.75 Å². The van der Waals surface area contributed by atoms with E-state index < -0.39 is 0 Å². The maximum Gasteiger partial charge on any atom is 0.194 e. The number of hydrogen-bond acceptors (Lipinski definition) is 3. The number of likely N-dealkylation sites (tertiary alicyclic amines) is 2. The fourth-order valence-corrected chi connectivity index (χ4v) is 4.27. The van der Waals surface area contributed by atoms with Crippen molar-refractivity contribution < 1.29 is 4.74 Å². The molecule has 2 aliphatic heterocycles. The number of nitrogens with one attached hydrogen (secondary N) is 1. The lowest BCUT2D eigenvalue weighted by Crippen LogP contribution is -2.72. The Morgan fingerprint density at radius 3 is 2.29 bits per heavy atom. The molecule has 0 aliphatic carbocycles. The van der Waals surface area contributed by atoms with Crippen LogP contribution in [0.25, 0.3) is 0 Å². The average molecular weight is 387 g/mol. The van der Waals surface area contributed by atoms with Crippen molar-refractivity contribution in [2.45, 2.75) is 52.6 Å². The topological polar surface area (TPSA) is 40.1 Å². The zero-order valence-electron chi connectivity index (χ0n) is 18.6. The summed E-state index contributed by atoms with van der Waals surface area (Å²) in [5.74, 6) is 2.71. The Morgan fingerprint density at radius 1 is 1.14 bits per heavy atom. The highest BCUT2D eigenvalue weighted by Crippen LogP contribution is 2.46. The molecule has 0 aromatic heterocycles. The van der Waals surface area contributed by atoms with Gasteiger partial charge in [0, 0.05) is 37.6 Å². The van der Waals surface area contributed by atoms with E-state index in [1.807, 2.05) is 7.05 Å². The highest BCUT2D eigenvalue weighted by atomic mass is 16.5. The van der Waals surface area contributed by atoms with Gasteiger partial charge in [-0.05, 0) is 63.4 Å². The second-order valence-electron chi connectivity index (χ2n) is 9.52. The van der Waals surface area contributed by atoms with Gasteiger partial charge >= 0.3 is 0 Å². The zero-order valence-corrected chi connectivity index (χ0v) is 18.6. The van der Waals surface area contributed by atoms with Gasteiger partial charge in [0.1, 0.15) is 5.75 Å². The molecule has 2 saturated heterocycles. The molecular formula is C23H38N4O. The van der Waals surface area contributed by atoms with Crippen molar-refractivity contribution in [3.05, 3.63) is 29.8 Å². The highest BCUT2D eigenvalue weighted by molar-refractivity contribution is 5.82. The number of guanidine groups is 1. The fraction of sp³-hybridized carbons (Fsp3) is 0.696. The number of piperidine rings is 1. The molecule has 2 aliphatic rings. The van der Waals surface area contributed by atoms with Crippen molar-refractivity contribution in [2.75, 3.05) is 40.3 Å². The van der Waals surface area contributed by atoms with Gasteiger partial charge in [-0.25, -0.2) is 0 Å². The van der Waals surface area contributed by atoms with Crippen molar-refractivity contribution in [1.29, 1.82) is 0 Å². The molecule has 0 bridgehead atoms. The first-order chi connectivity index (χ1) is 13.3. The maximum atomic E-state index is 5.25. The molecule has 3 rings (SSSR count). The number of ether oxygens (including phenoxy) is 1. The van der Waals surface area contributed by atoms with Crippen LogP contribution in [-0.4, -0.2) is 61.6 Å². The monoisotopic (exact) mass is 386 g/mol. The Morgan fingerprint density at radius 2 is 1.79 bits per heavy atom. The number of hydrogen-bond donors (Lipinski definition) is 1. The normalized spacial score (nSPS) is 22.6. The van der Waals surface area contributed by atoms with Crippen LogP contribution in [0.15, 0.2) is 29.3 Å². The van der Waals surface area contributed by atoms with Crippen LogP contribution in [0.1, 0.15) is 46.1 Å². The summed E-state index contributed by atoms with van der Waals surface area (Å²) < 4.78 is 5.25. The third-order valence-electron chi connectivity index (χ3n) is 7.17. The highest BCUT2D eigenvalue weighted by Gasteiger charge is 2.53. The Hall–Kier alpha value is -1.75. The van der Waals surface area contributed by atoms with Crippen LogP contribution in [0, 0.1) is 11.3 Å². The maximum absolute atomic E-state index is 5.25. The Bertz CT molecular complexity index is 672. The molecule has 28 heavy (non-hydrogen) atoms. The summed E-state index contributed by atoms with van der Waals surface area (Å²) in [6, 6.07) is 8.45. The molecule has 1 aromatic rings. The molecule has 2 fully saturated rings. The van der Waals surface area contributed by atoms with E-state index in [1.165, 1.54) is 31.5 Å². The van der Waals surface area contributed by atoms with Crippen molar-refractivity contribution >= 4 is 5.96 Å². The van der Waals surface area contributed by atoms with E-state index in [9.17, 15) is 0 Å². The standard InChI is InChI=1S/C23H38N4O/c1-22(2)17-27(23(22,3)4)21(24-5)25-15-18-11-13-26(14-12-18)16-19-7-9-20(28-6)10-8-19/h7-10,18H,11-17H2,1-6H3,(H,24,25). The first-order valence-corrected chi connectivity index (χ1v) is 10.6. The molecule has 156 valence electrons. The molecule has 0 atom stereocenters. The lowest BCUT2D eigenvalue weighted by molar-refractivity contribution is -0.0668. The van der Waals surface area contributed by atoms with Gasteiger partial charge in [-0.3, -0.25) is 9.89 Å². The van der Waals surface area contributed by atoms with Crippen molar-refractivity contribution in [3.63, 3.8) is 0 Å². The van der Waals surface area contributed by atoms with E-state index in [2.05, 4.69) is 72.1 Å². The van der Waals surface area contributed by atoms with Crippen LogP contribution in [0.3, 0.4) is 0 Å². The van der Waals surface area contributed by atoms with Crippen molar-refractivity contribution in [3.8, 4) is 5.75 Å². The molecule has 2 heterocycles. The van der Waals surface area contributed by atoms with E-state index in [0.29, 0.717) is 5.41 Å². The minimum atomic E-state index is 0.149. The average Bonchev–Trinajstić information content (AvgIpc) is 2.69. The van der Waals surface area contributed by atoms with E-state index >= 15 is 0 Å². The molecular weight excluding hydrogens is 348 g/mol. The summed E-state index contributed by atoms with van der Waals surface area (Å²) >= 11 is 0. The minimum absolute atomic E-state index is 0.149. The van der Waals surface area contributed by atoms with Crippen LogP contribution in [0.2, 0.25) is 0 Å². The number of rotatable bonds is 5. The molecule has 1 N–H and O–H groups in total. The van der Waals surface area contributed by atoms with E-state index in [1.54, 1.807) is 7.11 Å².